The van der Waals surface area contributed by atoms with Crippen molar-refractivity contribution in [1.82, 2.24) is 5.32 Å². The first-order chi connectivity index (χ1) is 11.8. The molecule has 2 aromatic rings. The van der Waals surface area contributed by atoms with Gasteiger partial charge in [0.2, 0.25) is 5.91 Å². The van der Waals surface area contributed by atoms with Crippen molar-refractivity contribution in [1.29, 1.82) is 0 Å². The number of benzene rings is 1. The molecule has 1 aromatic carbocycles. The average Bonchev–Trinajstić information content (AvgIpc) is 3.12. The first-order valence-corrected chi connectivity index (χ1v) is 8.77. The monoisotopic (exact) mass is 329 g/mol. The number of nitrogens with one attached hydrogen (secondary N) is 1. The van der Waals surface area contributed by atoms with Crippen molar-refractivity contribution in [2.45, 2.75) is 37.8 Å². The molecule has 5 nitrogen and oxygen atoms in total. The number of carbonyl (C=O) groups excluding carboxylic acids is 1. The summed E-state index contributed by atoms with van der Waals surface area (Å²) in [4.78, 5) is 12.2. The highest BCUT2D eigenvalue weighted by atomic mass is 16.5. The third-order valence-electron chi connectivity index (χ3n) is 4.72. The lowest BCUT2D eigenvalue weighted by Crippen LogP contribution is -2.33. The Morgan fingerprint density at radius 3 is 2.92 bits per heavy atom. The second kappa shape index (κ2) is 6.95. The van der Waals surface area contributed by atoms with Gasteiger partial charge < -0.3 is 19.2 Å². The molecule has 1 aromatic heterocycles. The smallest absolute Gasteiger partial charge is 0.246 e. The Morgan fingerprint density at radius 2 is 2.17 bits per heavy atom. The first kappa shape index (κ1) is 15.7. The second-order valence-electron chi connectivity index (χ2n) is 6.72. The number of hydrogen-bond donors (Lipinski definition) is 1. The maximum absolute atomic E-state index is 12.2. The van der Waals surface area contributed by atoms with E-state index in [1.54, 1.807) is 0 Å². The predicted octanol–water partition coefficient (Wildman–Crippen LogP) is 3.20. The molecule has 1 N–H and O–H groups in total. The van der Waals surface area contributed by atoms with E-state index in [0.29, 0.717) is 12.5 Å². The van der Waals surface area contributed by atoms with Gasteiger partial charge in [0.1, 0.15) is 18.0 Å². The van der Waals surface area contributed by atoms with Crippen LogP contribution >= 0.6 is 0 Å². The number of rotatable bonds is 7. The van der Waals surface area contributed by atoms with Crippen molar-refractivity contribution >= 4 is 16.9 Å². The minimum Gasteiger partial charge on any atom is -0.459 e. The van der Waals surface area contributed by atoms with E-state index in [2.05, 4.69) is 5.32 Å². The van der Waals surface area contributed by atoms with Crippen LogP contribution in [0.2, 0.25) is 0 Å². The molecule has 0 radical (unpaired) electrons. The zero-order chi connectivity index (χ0) is 16.4. The summed E-state index contributed by atoms with van der Waals surface area (Å²) in [5.74, 6) is 1.21. The number of carbonyl (C=O) groups is 1. The van der Waals surface area contributed by atoms with E-state index < -0.39 is 0 Å². The molecule has 1 saturated carbocycles. The highest BCUT2D eigenvalue weighted by Gasteiger charge is 2.35. The van der Waals surface area contributed by atoms with Crippen molar-refractivity contribution in [3.63, 3.8) is 0 Å². The van der Waals surface area contributed by atoms with Gasteiger partial charge in [-0.15, -0.1) is 0 Å². The van der Waals surface area contributed by atoms with Gasteiger partial charge in [-0.3, -0.25) is 4.79 Å². The predicted molar refractivity (Wildman–Crippen MR) is 89.6 cm³/mol. The van der Waals surface area contributed by atoms with Gasteiger partial charge in [0.15, 0.2) is 0 Å². The van der Waals surface area contributed by atoms with Crippen molar-refractivity contribution < 1.29 is 18.7 Å². The van der Waals surface area contributed by atoms with Gasteiger partial charge in [0.25, 0.3) is 0 Å². The molecule has 4 rings (SSSR count). The fourth-order valence-electron chi connectivity index (χ4n) is 3.28. The highest BCUT2D eigenvalue weighted by molar-refractivity contribution is 5.79. The summed E-state index contributed by atoms with van der Waals surface area (Å²) in [7, 11) is 0. The number of para-hydroxylation sites is 1. The molecule has 2 atom stereocenters. The molecule has 1 amide bonds. The van der Waals surface area contributed by atoms with Crippen LogP contribution in [0.15, 0.2) is 34.7 Å². The van der Waals surface area contributed by atoms with Gasteiger partial charge >= 0.3 is 0 Å². The maximum atomic E-state index is 12.2. The Kier molecular flexibility index (Phi) is 4.54. The second-order valence-corrected chi connectivity index (χ2v) is 6.72. The van der Waals surface area contributed by atoms with Crippen LogP contribution < -0.4 is 5.32 Å². The molecule has 2 heterocycles. The third kappa shape index (κ3) is 3.62. The molecule has 128 valence electrons. The Bertz CT molecular complexity index is 667. The topological polar surface area (TPSA) is 60.7 Å². The summed E-state index contributed by atoms with van der Waals surface area (Å²) in [6, 6.07) is 9.90. The number of fused-ring (bicyclic) bond motifs is 1. The molecule has 2 unspecified atom stereocenters. The molecule has 0 spiro atoms. The Hall–Kier alpha value is -1.85. The van der Waals surface area contributed by atoms with Gasteiger partial charge in [-0.25, -0.2) is 0 Å². The van der Waals surface area contributed by atoms with Crippen LogP contribution in [0.1, 0.15) is 37.5 Å². The van der Waals surface area contributed by atoms with Gasteiger partial charge in [-0.2, -0.15) is 0 Å². The van der Waals surface area contributed by atoms with Crippen LogP contribution in [-0.2, 0) is 14.3 Å². The molecule has 2 fully saturated rings. The van der Waals surface area contributed by atoms with Gasteiger partial charge in [-0.05, 0) is 43.7 Å². The number of furan rings is 1. The summed E-state index contributed by atoms with van der Waals surface area (Å²) in [6.45, 7) is 1.37. The molecule has 2 aliphatic rings. The standard InChI is InChI=1S/C19H23NO4/c21-18(12-22-11-15-5-3-9-23-15)20-19(13-7-8-13)17-10-14-4-1-2-6-16(14)24-17/h1-2,4,6,10,13,15,19H,3,5,7-9,11-12H2,(H,20,21). The molecule has 1 saturated heterocycles. The summed E-state index contributed by atoms with van der Waals surface area (Å²) < 4.78 is 16.9. The number of hydrogen-bond acceptors (Lipinski definition) is 4. The lowest BCUT2D eigenvalue weighted by atomic mass is 10.1. The van der Waals surface area contributed by atoms with E-state index in [9.17, 15) is 4.79 Å². The fourth-order valence-corrected chi connectivity index (χ4v) is 3.28. The van der Waals surface area contributed by atoms with E-state index in [1.165, 1.54) is 0 Å². The SMILES string of the molecule is O=C(COCC1CCCO1)NC(c1cc2ccccc2o1)C1CC1. The lowest BCUT2D eigenvalue weighted by molar-refractivity contribution is -0.127. The number of ether oxygens (including phenoxy) is 2. The maximum Gasteiger partial charge on any atom is 0.246 e. The van der Waals surface area contributed by atoms with Gasteiger partial charge in [-0.1, -0.05) is 18.2 Å². The van der Waals surface area contributed by atoms with Crippen LogP contribution in [-0.4, -0.2) is 31.8 Å². The van der Waals surface area contributed by atoms with Crippen molar-refractivity contribution in [2.24, 2.45) is 5.92 Å². The molecule has 1 aliphatic heterocycles. The summed E-state index contributed by atoms with van der Waals surface area (Å²) in [6.07, 6.45) is 4.49. The first-order valence-electron chi connectivity index (χ1n) is 8.77. The van der Waals surface area contributed by atoms with Crippen LogP contribution in [0.4, 0.5) is 0 Å². The molecule has 5 heteroatoms. The quantitative estimate of drug-likeness (QED) is 0.847. The lowest BCUT2D eigenvalue weighted by Gasteiger charge is -2.16. The largest absolute Gasteiger partial charge is 0.459 e. The van der Waals surface area contributed by atoms with Crippen molar-refractivity contribution in [3.8, 4) is 0 Å². The molecule has 1 aliphatic carbocycles. The van der Waals surface area contributed by atoms with Crippen molar-refractivity contribution in [2.75, 3.05) is 19.8 Å². The minimum absolute atomic E-state index is 0.0590. The number of amides is 1. The Morgan fingerprint density at radius 1 is 1.29 bits per heavy atom. The zero-order valence-electron chi connectivity index (χ0n) is 13.7. The van der Waals surface area contributed by atoms with E-state index in [4.69, 9.17) is 13.9 Å². The Balaban J connectivity index is 1.35. The Labute approximate surface area is 141 Å². The highest BCUT2D eigenvalue weighted by Crippen LogP contribution is 2.42. The molecular formula is C19H23NO4. The van der Waals surface area contributed by atoms with Crippen LogP contribution in [0.25, 0.3) is 11.0 Å². The normalized spacial score (nSPS) is 21.9. The summed E-state index contributed by atoms with van der Waals surface area (Å²) in [5, 5.41) is 4.15. The van der Waals surface area contributed by atoms with E-state index in [1.807, 2.05) is 30.3 Å². The average molecular weight is 329 g/mol. The zero-order valence-corrected chi connectivity index (χ0v) is 13.7. The van der Waals surface area contributed by atoms with E-state index >= 15 is 0 Å². The van der Waals surface area contributed by atoms with E-state index in [-0.39, 0.29) is 24.7 Å². The summed E-state index contributed by atoms with van der Waals surface area (Å²) in [5.41, 5.74) is 0.863. The van der Waals surface area contributed by atoms with E-state index in [0.717, 1.165) is 49.0 Å². The van der Waals surface area contributed by atoms with Crippen LogP contribution in [0.5, 0.6) is 0 Å². The van der Waals surface area contributed by atoms with Crippen molar-refractivity contribution in [3.05, 3.63) is 36.1 Å². The minimum atomic E-state index is -0.0923. The molecule has 0 bridgehead atoms. The molecule has 24 heavy (non-hydrogen) atoms. The summed E-state index contributed by atoms with van der Waals surface area (Å²) >= 11 is 0. The third-order valence-corrected chi connectivity index (χ3v) is 4.72. The fraction of sp³-hybridized carbons (Fsp3) is 0.526. The van der Waals surface area contributed by atoms with Gasteiger partial charge in [0, 0.05) is 12.0 Å². The van der Waals surface area contributed by atoms with Crippen LogP contribution in [0, 0.1) is 5.92 Å². The molecular weight excluding hydrogens is 306 g/mol. The van der Waals surface area contributed by atoms with Gasteiger partial charge in [0.05, 0.1) is 18.8 Å². The van der Waals surface area contributed by atoms with Crippen LogP contribution in [0.3, 0.4) is 0 Å².